The molecule has 0 spiro atoms. The minimum Gasteiger partial charge on any atom is -0.493 e. The number of hydrogen-bond donors (Lipinski definition) is 2. The zero-order chi connectivity index (χ0) is 30.8. The Kier molecular flexibility index (Phi) is 8.03. The summed E-state index contributed by atoms with van der Waals surface area (Å²) in [5.74, 6) is 3.69. The largest absolute Gasteiger partial charge is 0.514 e. The average Bonchev–Trinajstić information content (AvgIpc) is 3.81. The Balaban J connectivity index is 1.62. The van der Waals surface area contributed by atoms with Gasteiger partial charge >= 0.3 is 6.16 Å². The number of carbonyl (C=O) groups excluding carboxylic acids is 1. The van der Waals surface area contributed by atoms with Crippen LogP contribution in [0.2, 0.25) is 0 Å². The van der Waals surface area contributed by atoms with Crippen molar-refractivity contribution in [3.8, 4) is 29.1 Å². The quantitative estimate of drug-likeness (QED) is 0.237. The molecule has 0 amide bonds. The summed E-state index contributed by atoms with van der Waals surface area (Å²) in [6.07, 6.45) is 3.32. The van der Waals surface area contributed by atoms with Crippen LogP contribution in [0.25, 0.3) is 10.9 Å². The number of halogens is 2. The van der Waals surface area contributed by atoms with E-state index in [-0.39, 0.29) is 53.1 Å². The highest BCUT2D eigenvalue weighted by molar-refractivity contribution is 5.84. The Morgan fingerprint density at radius 1 is 1.12 bits per heavy atom. The monoisotopic (exact) mass is 591 g/mol. The molecule has 4 N–H and O–H groups in total. The van der Waals surface area contributed by atoms with Crippen LogP contribution in [0.3, 0.4) is 0 Å². The molecule has 13 heteroatoms. The lowest BCUT2D eigenvalue weighted by molar-refractivity contribution is 0.104. The molecule has 2 aromatic carbocycles. The fraction of sp³-hybridized carbons (Fsp3) is 0.267. The van der Waals surface area contributed by atoms with Crippen LogP contribution < -0.4 is 31.1 Å². The number of benzene rings is 2. The van der Waals surface area contributed by atoms with E-state index >= 15 is 8.78 Å². The van der Waals surface area contributed by atoms with Crippen LogP contribution in [0.15, 0.2) is 35.4 Å². The molecule has 222 valence electrons. The van der Waals surface area contributed by atoms with E-state index in [4.69, 9.17) is 30.4 Å². The number of carbonyl (C=O) groups is 1. The van der Waals surface area contributed by atoms with Crippen LogP contribution in [-0.4, -0.2) is 41.5 Å². The summed E-state index contributed by atoms with van der Waals surface area (Å²) in [6.45, 7) is 1.60. The Morgan fingerprint density at radius 3 is 2.53 bits per heavy atom. The molecular weight excluding hydrogens is 564 g/mol. The van der Waals surface area contributed by atoms with Gasteiger partial charge in [-0.3, -0.25) is 4.79 Å². The molecule has 2 heterocycles. The second-order valence-corrected chi connectivity index (χ2v) is 9.63. The Hall–Kier alpha value is -5.38. The maximum absolute atomic E-state index is 16.0. The average molecular weight is 592 g/mol. The number of anilines is 2. The number of nitrogens with zero attached hydrogens (tertiary/aromatic N) is 3. The molecule has 0 bridgehead atoms. The zero-order valence-corrected chi connectivity index (χ0v) is 23.5. The third kappa shape index (κ3) is 5.85. The summed E-state index contributed by atoms with van der Waals surface area (Å²) in [7, 11) is 2.86. The van der Waals surface area contributed by atoms with Gasteiger partial charge in [0.2, 0.25) is 11.4 Å². The Labute approximate surface area is 244 Å². The molecule has 5 rings (SSSR count). The molecule has 0 aliphatic heterocycles. The maximum Gasteiger partial charge on any atom is 0.514 e. The SMILES string of the molecule is CCOC(=O)Oc1cn(C2CC2)c2c(F)c(C#Cc3cc(Cc4cnc(N)nc4N)cc(OC)c3OC)c(F)cc2c1=O. The third-order valence-electron chi connectivity index (χ3n) is 6.74. The maximum atomic E-state index is 16.0. The normalized spacial score (nSPS) is 12.4. The van der Waals surface area contributed by atoms with Crippen molar-refractivity contribution in [2.45, 2.75) is 32.2 Å². The number of ether oxygens (including phenoxy) is 4. The van der Waals surface area contributed by atoms with Crippen LogP contribution in [0.5, 0.6) is 17.2 Å². The highest BCUT2D eigenvalue weighted by Gasteiger charge is 2.29. The molecule has 0 saturated heterocycles. The first-order valence-corrected chi connectivity index (χ1v) is 13.2. The summed E-state index contributed by atoms with van der Waals surface area (Å²) in [6, 6.07) is 4.10. The van der Waals surface area contributed by atoms with Crippen LogP contribution in [0.4, 0.5) is 25.3 Å². The van der Waals surface area contributed by atoms with Crippen molar-refractivity contribution in [3.63, 3.8) is 0 Å². The van der Waals surface area contributed by atoms with E-state index in [0.717, 1.165) is 6.07 Å². The second kappa shape index (κ2) is 11.8. The summed E-state index contributed by atoms with van der Waals surface area (Å²) in [5, 5.41) is -0.293. The minimum atomic E-state index is -1.09. The molecule has 43 heavy (non-hydrogen) atoms. The van der Waals surface area contributed by atoms with Crippen molar-refractivity contribution in [3.05, 3.63) is 74.7 Å². The van der Waals surface area contributed by atoms with E-state index in [1.54, 1.807) is 19.1 Å². The lowest BCUT2D eigenvalue weighted by Crippen LogP contribution is -2.19. The molecule has 11 nitrogen and oxygen atoms in total. The van der Waals surface area contributed by atoms with Crippen molar-refractivity contribution in [1.29, 1.82) is 0 Å². The van der Waals surface area contributed by atoms with Gasteiger partial charge in [-0.1, -0.05) is 11.8 Å². The summed E-state index contributed by atoms with van der Waals surface area (Å²) in [5.41, 5.74) is 11.6. The van der Waals surface area contributed by atoms with E-state index < -0.39 is 34.5 Å². The van der Waals surface area contributed by atoms with Gasteiger partial charge in [0.25, 0.3) is 0 Å². The predicted octanol–water partition coefficient (Wildman–Crippen LogP) is 4.11. The number of nitrogen functional groups attached to an aromatic ring is 2. The fourth-order valence-electron chi connectivity index (χ4n) is 4.62. The van der Waals surface area contributed by atoms with E-state index in [9.17, 15) is 9.59 Å². The lowest BCUT2D eigenvalue weighted by atomic mass is 10.0. The van der Waals surface area contributed by atoms with Crippen molar-refractivity contribution >= 4 is 28.8 Å². The van der Waals surface area contributed by atoms with Gasteiger partial charge in [-0.05, 0) is 43.5 Å². The number of rotatable bonds is 7. The first-order valence-electron chi connectivity index (χ1n) is 13.2. The van der Waals surface area contributed by atoms with Crippen LogP contribution in [0.1, 0.15) is 48.1 Å². The van der Waals surface area contributed by atoms with Gasteiger partial charge in [-0.2, -0.15) is 4.98 Å². The summed E-state index contributed by atoms with van der Waals surface area (Å²) >= 11 is 0. The molecular formula is C30H27F2N5O6. The van der Waals surface area contributed by atoms with Gasteiger partial charge in [0.1, 0.15) is 11.6 Å². The van der Waals surface area contributed by atoms with Crippen molar-refractivity contribution < 1.29 is 32.5 Å². The topological polar surface area (TPSA) is 154 Å². The van der Waals surface area contributed by atoms with E-state index in [1.165, 1.54) is 31.2 Å². The van der Waals surface area contributed by atoms with Gasteiger partial charge < -0.3 is 35.0 Å². The molecule has 1 aliphatic carbocycles. The number of aromatic nitrogens is 3. The summed E-state index contributed by atoms with van der Waals surface area (Å²) in [4.78, 5) is 32.9. The predicted molar refractivity (Wildman–Crippen MR) is 153 cm³/mol. The molecule has 1 aliphatic rings. The highest BCUT2D eigenvalue weighted by Crippen LogP contribution is 2.39. The van der Waals surface area contributed by atoms with Gasteiger partial charge in [-0.15, -0.1) is 0 Å². The van der Waals surface area contributed by atoms with E-state index in [0.29, 0.717) is 29.7 Å². The lowest BCUT2D eigenvalue weighted by Gasteiger charge is -2.14. The van der Waals surface area contributed by atoms with Crippen molar-refractivity contribution in [1.82, 2.24) is 14.5 Å². The minimum absolute atomic E-state index is 0.0257. The molecule has 2 aromatic heterocycles. The van der Waals surface area contributed by atoms with Crippen molar-refractivity contribution in [2.24, 2.45) is 0 Å². The Morgan fingerprint density at radius 2 is 1.88 bits per heavy atom. The standard InChI is InChI=1S/C30H27F2N5O6/c1-4-42-30(39)43-23-14-37(18-6-7-18)25-20(26(23)38)12-21(31)19(24(25)32)8-5-16-9-15(11-22(40-2)27(16)41-3)10-17-13-35-29(34)36-28(17)33/h9,11-14,18H,4,6-7,10H2,1-3H3,(H4,33,34,35,36). The zero-order valence-electron chi connectivity index (χ0n) is 23.5. The number of fused-ring (bicyclic) bond motifs is 1. The van der Waals surface area contributed by atoms with Crippen LogP contribution in [-0.2, 0) is 11.2 Å². The first-order chi connectivity index (χ1) is 20.6. The first kappa shape index (κ1) is 29.1. The summed E-state index contributed by atoms with van der Waals surface area (Å²) < 4.78 is 53.6. The van der Waals surface area contributed by atoms with Crippen LogP contribution in [0, 0.1) is 23.5 Å². The van der Waals surface area contributed by atoms with Crippen molar-refractivity contribution in [2.75, 3.05) is 32.3 Å². The second-order valence-electron chi connectivity index (χ2n) is 9.63. The smallest absolute Gasteiger partial charge is 0.493 e. The third-order valence-corrected chi connectivity index (χ3v) is 6.74. The Bertz CT molecular complexity index is 1880. The molecule has 0 atom stereocenters. The molecule has 1 saturated carbocycles. The van der Waals surface area contributed by atoms with Gasteiger partial charge in [0, 0.05) is 24.2 Å². The molecule has 0 unspecified atom stereocenters. The highest BCUT2D eigenvalue weighted by atomic mass is 19.1. The van der Waals surface area contributed by atoms with E-state index in [1.807, 2.05) is 0 Å². The fourth-order valence-corrected chi connectivity index (χ4v) is 4.62. The number of hydrogen-bond acceptors (Lipinski definition) is 10. The number of methoxy groups -OCH3 is 2. The molecule has 1 fully saturated rings. The molecule has 4 aromatic rings. The van der Waals surface area contributed by atoms with E-state index in [2.05, 4.69) is 21.8 Å². The van der Waals surface area contributed by atoms with Gasteiger partial charge in [-0.25, -0.2) is 18.6 Å². The van der Waals surface area contributed by atoms with Gasteiger partial charge in [0.05, 0.1) is 49.1 Å². The number of nitrogens with two attached hydrogens (primary N) is 2. The number of pyridine rings is 1. The van der Waals surface area contributed by atoms with Crippen LogP contribution >= 0.6 is 0 Å². The molecule has 0 radical (unpaired) electrons. The van der Waals surface area contributed by atoms with Gasteiger partial charge in [0.15, 0.2) is 23.1 Å².